The van der Waals surface area contributed by atoms with Crippen molar-refractivity contribution in [1.82, 2.24) is 9.88 Å². The summed E-state index contributed by atoms with van der Waals surface area (Å²) >= 11 is 0. The number of anilines is 1. The molecule has 1 aliphatic rings. The van der Waals surface area contributed by atoms with E-state index in [4.69, 9.17) is 0 Å². The number of nitrogens with zero attached hydrogens (tertiary/aromatic N) is 2. The summed E-state index contributed by atoms with van der Waals surface area (Å²) in [6, 6.07) is 9.69. The normalized spacial score (nSPS) is 18.7. The van der Waals surface area contributed by atoms with Gasteiger partial charge in [-0.05, 0) is 87.9 Å². The summed E-state index contributed by atoms with van der Waals surface area (Å²) in [5, 5.41) is 13.0. The van der Waals surface area contributed by atoms with Gasteiger partial charge < -0.3 is 10.4 Å². The number of aryl methyl sites for hydroxylation is 1. The third-order valence-electron chi connectivity index (χ3n) is 6.41. The number of aromatic nitrogens is 1. The van der Waals surface area contributed by atoms with E-state index in [9.17, 15) is 13.9 Å². The van der Waals surface area contributed by atoms with Crippen LogP contribution in [0, 0.1) is 12.8 Å². The van der Waals surface area contributed by atoms with E-state index in [0.717, 1.165) is 49.4 Å². The summed E-state index contributed by atoms with van der Waals surface area (Å²) in [6.45, 7) is 12.4. The zero-order valence-corrected chi connectivity index (χ0v) is 20.7. The van der Waals surface area contributed by atoms with Crippen molar-refractivity contribution in [3.05, 3.63) is 53.3 Å². The number of pyridine rings is 1. The van der Waals surface area contributed by atoms with Crippen molar-refractivity contribution in [2.75, 3.05) is 18.4 Å². The number of rotatable bonds is 8. The molecule has 3 rings (SSSR count). The average Bonchev–Trinajstić information content (AvgIpc) is 2.76. The van der Waals surface area contributed by atoms with Gasteiger partial charge in [-0.3, -0.25) is 9.88 Å². The van der Waals surface area contributed by atoms with Gasteiger partial charge in [0.1, 0.15) is 6.23 Å². The molecule has 176 valence electrons. The van der Waals surface area contributed by atoms with E-state index in [0.29, 0.717) is 10.8 Å². The van der Waals surface area contributed by atoms with Gasteiger partial charge in [0.2, 0.25) is 10.2 Å². The Balaban J connectivity index is 1.59. The van der Waals surface area contributed by atoms with Crippen LogP contribution in [0.1, 0.15) is 63.3 Å². The molecule has 2 aromatic rings. The molecule has 1 fully saturated rings. The monoisotopic (exact) mass is 460 g/mol. The third kappa shape index (κ3) is 5.95. The predicted octanol–water partition coefficient (Wildman–Crippen LogP) is 4.90. The summed E-state index contributed by atoms with van der Waals surface area (Å²) in [7, 11) is -2.98. The quantitative estimate of drug-likeness (QED) is 0.384. The van der Waals surface area contributed by atoms with Gasteiger partial charge in [-0.15, -0.1) is 0 Å². The van der Waals surface area contributed by atoms with Gasteiger partial charge in [0, 0.05) is 12.2 Å². The fourth-order valence-electron chi connectivity index (χ4n) is 4.10. The highest BCUT2D eigenvalue weighted by Crippen LogP contribution is 2.32. The highest BCUT2D eigenvalue weighted by atomic mass is 32.3. The molecule has 32 heavy (non-hydrogen) atoms. The van der Waals surface area contributed by atoms with E-state index in [2.05, 4.69) is 28.2 Å². The second-order valence-electron chi connectivity index (χ2n) is 9.54. The van der Waals surface area contributed by atoms with Crippen molar-refractivity contribution >= 4 is 15.9 Å². The van der Waals surface area contributed by atoms with Crippen molar-refractivity contribution in [2.45, 2.75) is 76.3 Å². The number of piperidine rings is 1. The van der Waals surface area contributed by atoms with Crippen molar-refractivity contribution < 1.29 is 13.9 Å². The second kappa shape index (κ2) is 10.4. The maximum Gasteiger partial charge on any atom is 0.250 e. The van der Waals surface area contributed by atoms with Gasteiger partial charge in [-0.2, -0.15) is 4.55 Å². The van der Waals surface area contributed by atoms with Crippen molar-refractivity contribution in [3.63, 3.8) is 0 Å². The van der Waals surface area contributed by atoms with E-state index in [1.807, 2.05) is 26.0 Å². The van der Waals surface area contributed by atoms with Crippen LogP contribution >= 0.6 is 0 Å². The standard InChI is InChI=1S/C25H37N3O3S/c1-17(2)25(29)27-22-14-24(19(5)26-15-22)21-10-12-28(13-11-21)16-20-6-8-23(9-7-20)32(30,31)18(3)4/h6-9,14-15,17-18,21,25,27,29H,10-13,16H2,1-5H3/p+1. The molecule has 1 saturated heterocycles. The fraction of sp³-hybridized carbons (Fsp3) is 0.560. The van der Waals surface area contributed by atoms with E-state index in [-0.39, 0.29) is 11.2 Å². The van der Waals surface area contributed by atoms with Crippen LogP contribution in [-0.4, -0.2) is 44.1 Å². The Morgan fingerprint density at radius 1 is 1.16 bits per heavy atom. The highest BCUT2D eigenvalue weighted by Gasteiger charge is 2.33. The Morgan fingerprint density at radius 3 is 2.34 bits per heavy atom. The molecule has 0 spiro atoms. The molecule has 3 N–H and O–H groups in total. The first-order valence-electron chi connectivity index (χ1n) is 11.6. The summed E-state index contributed by atoms with van der Waals surface area (Å²) in [4.78, 5) is 7.51. The van der Waals surface area contributed by atoms with Crippen LogP contribution in [-0.2, 0) is 21.0 Å². The van der Waals surface area contributed by atoms with E-state index < -0.39 is 16.4 Å². The van der Waals surface area contributed by atoms with E-state index in [1.165, 1.54) is 5.56 Å². The summed E-state index contributed by atoms with van der Waals surface area (Å²) in [5.74, 6) is 0.593. The molecule has 6 nitrogen and oxygen atoms in total. The smallest absolute Gasteiger partial charge is 0.250 e. The lowest BCUT2D eigenvalue weighted by Crippen LogP contribution is -2.32. The van der Waals surface area contributed by atoms with Crippen molar-refractivity contribution in [3.8, 4) is 0 Å². The number of hydrogen-bond acceptors (Lipinski definition) is 5. The van der Waals surface area contributed by atoms with Crippen molar-refractivity contribution in [1.29, 1.82) is 0 Å². The first-order chi connectivity index (χ1) is 15.1. The minimum atomic E-state index is -2.98. The molecule has 0 bridgehead atoms. The largest absolute Gasteiger partial charge is 0.374 e. The molecule has 0 radical (unpaired) electrons. The molecule has 1 aromatic heterocycles. The Hall–Kier alpha value is -1.80. The average molecular weight is 461 g/mol. The summed E-state index contributed by atoms with van der Waals surface area (Å²) in [6.07, 6.45) is 3.34. The van der Waals surface area contributed by atoms with Crippen molar-refractivity contribution in [2.24, 2.45) is 5.92 Å². The molecule has 0 saturated carbocycles. The Morgan fingerprint density at radius 2 is 1.78 bits per heavy atom. The minimum absolute atomic E-state index is 0.131. The maximum absolute atomic E-state index is 12.4. The first kappa shape index (κ1) is 24.8. The highest BCUT2D eigenvalue weighted by molar-refractivity contribution is 7.98. The molecule has 1 aromatic carbocycles. The topological polar surface area (TPSA) is 85.7 Å². The SMILES string of the molecule is Cc1ncc(NC(O)C(C)C)cc1C1CCN(Cc2ccc([S+](=O)(O)C(C)C)cc2)CC1. The summed E-state index contributed by atoms with van der Waals surface area (Å²) in [5.41, 5.74) is 4.36. The van der Waals surface area contributed by atoms with Gasteiger partial charge in [0.15, 0.2) is 10.1 Å². The lowest BCUT2D eigenvalue weighted by Gasteiger charge is -2.33. The first-order valence-corrected chi connectivity index (χ1v) is 13.1. The molecule has 1 aliphatic heterocycles. The van der Waals surface area contributed by atoms with Crippen LogP contribution in [0.15, 0.2) is 41.4 Å². The number of aliphatic hydroxyl groups excluding tert-OH is 1. The lowest BCUT2D eigenvalue weighted by molar-refractivity contribution is 0.153. The minimum Gasteiger partial charge on any atom is -0.374 e. The Labute approximate surface area is 193 Å². The van der Waals surface area contributed by atoms with E-state index >= 15 is 0 Å². The van der Waals surface area contributed by atoms with Crippen LogP contribution in [0.5, 0.6) is 0 Å². The van der Waals surface area contributed by atoms with Crippen LogP contribution in [0.3, 0.4) is 0 Å². The summed E-state index contributed by atoms with van der Waals surface area (Å²) < 4.78 is 22.6. The Bertz CT molecular complexity index is 938. The van der Waals surface area contributed by atoms with Gasteiger partial charge >= 0.3 is 0 Å². The van der Waals surface area contributed by atoms with Crippen LogP contribution < -0.4 is 5.32 Å². The maximum atomic E-state index is 12.4. The molecular weight excluding hydrogens is 422 g/mol. The lowest BCUT2D eigenvalue weighted by atomic mass is 9.88. The molecule has 0 aliphatic carbocycles. The molecule has 0 amide bonds. The number of nitrogens with one attached hydrogen (secondary N) is 1. The number of benzene rings is 1. The molecular formula is C25H38N3O3S+. The number of hydrogen-bond donors (Lipinski definition) is 3. The predicted molar refractivity (Wildman–Crippen MR) is 131 cm³/mol. The zero-order chi connectivity index (χ0) is 23.5. The molecule has 2 heterocycles. The molecule has 2 atom stereocenters. The number of likely N-dealkylation sites (tertiary alicyclic amines) is 1. The molecule has 7 heteroatoms. The van der Waals surface area contributed by atoms with Gasteiger partial charge in [0.25, 0.3) is 0 Å². The number of aliphatic hydroxyl groups is 1. The van der Waals surface area contributed by atoms with E-state index in [1.54, 1.807) is 32.2 Å². The van der Waals surface area contributed by atoms with Gasteiger partial charge in [-0.1, -0.05) is 30.2 Å². The third-order valence-corrected chi connectivity index (χ3v) is 8.63. The zero-order valence-electron chi connectivity index (χ0n) is 19.9. The fourth-order valence-corrected chi connectivity index (χ4v) is 5.17. The Kier molecular flexibility index (Phi) is 8.09. The van der Waals surface area contributed by atoms with Gasteiger partial charge in [-0.25, -0.2) is 0 Å². The molecule has 2 unspecified atom stereocenters. The van der Waals surface area contributed by atoms with Crippen LogP contribution in [0.25, 0.3) is 0 Å². The van der Waals surface area contributed by atoms with Crippen LogP contribution in [0.2, 0.25) is 0 Å². The second-order valence-corrected chi connectivity index (χ2v) is 12.1. The van der Waals surface area contributed by atoms with Gasteiger partial charge in [0.05, 0.1) is 11.9 Å². The van der Waals surface area contributed by atoms with Crippen LogP contribution in [0.4, 0.5) is 5.69 Å².